The van der Waals surface area contributed by atoms with Crippen LogP contribution in [0.15, 0.2) is 18.2 Å². The molecule has 0 bridgehead atoms. The van der Waals surface area contributed by atoms with E-state index in [-0.39, 0.29) is 5.41 Å². The van der Waals surface area contributed by atoms with Gasteiger partial charge in [0.2, 0.25) is 6.79 Å². The van der Waals surface area contributed by atoms with Gasteiger partial charge in [-0.25, -0.2) is 0 Å². The van der Waals surface area contributed by atoms with Crippen molar-refractivity contribution in [1.82, 2.24) is 5.32 Å². The molecule has 1 N–H and O–H groups in total. The lowest BCUT2D eigenvalue weighted by Gasteiger charge is -2.60. The summed E-state index contributed by atoms with van der Waals surface area (Å²) >= 11 is 0. The number of ether oxygens (including phenoxy) is 3. The zero-order valence-electron chi connectivity index (χ0n) is 12.7. The first-order chi connectivity index (χ1) is 10.2. The van der Waals surface area contributed by atoms with Gasteiger partial charge in [0.1, 0.15) is 0 Å². The van der Waals surface area contributed by atoms with Gasteiger partial charge in [-0.2, -0.15) is 0 Å². The van der Waals surface area contributed by atoms with E-state index in [2.05, 4.69) is 31.3 Å². The average molecular weight is 289 g/mol. The Bertz CT molecular complexity index is 543. The monoisotopic (exact) mass is 289 g/mol. The zero-order valence-corrected chi connectivity index (χ0v) is 12.7. The van der Waals surface area contributed by atoms with E-state index in [0.717, 1.165) is 24.7 Å². The minimum Gasteiger partial charge on any atom is -0.454 e. The van der Waals surface area contributed by atoms with E-state index in [1.165, 1.54) is 18.4 Å². The van der Waals surface area contributed by atoms with Gasteiger partial charge >= 0.3 is 0 Å². The quantitative estimate of drug-likeness (QED) is 0.928. The first-order valence-electron chi connectivity index (χ1n) is 7.90. The van der Waals surface area contributed by atoms with Gasteiger partial charge in [0.15, 0.2) is 11.5 Å². The summed E-state index contributed by atoms with van der Waals surface area (Å²) in [5.41, 5.74) is 1.47. The summed E-state index contributed by atoms with van der Waals surface area (Å²) in [5, 5.41) is 3.74. The van der Waals surface area contributed by atoms with E-state index in [4.69, 9.17) is 14.2 Å². The van der Waals surface area contributed by atoms with Crippen molar-refractivity contribution in [3.05, 3.63) is 23.8 Å². The first-order valence-corrected chi connectivity index (χ1v) is 7.90. The Kier molecular flexibility index (Phi) is 3.12. The SMILES string of the molecule is CC1(C)[C@H](NCc2ccc3c(c2)OCO3)[C@H]2CCCO[C@@H]21. The van der Waals surface area contributed by atoms with E-state index in [0.29, 0.717) is 24.9 Å². The fourth-order valence-electron chi connectivity index (χ4n) is 4.22. The molecule has 1 saturated carbocycles. The van der Waals surface area contributed by atoms with Gasteiger partial charge in [0, 0.05) is 30.5 Å². The van der Waals surface area contributed by atoms with Crippen molar-refractivity contribution in [3.8, 4) is 11.5 Å². The van der Waals surface area contributed by atoms with Crippen LogP contribution in [0.2, 0.25) is 0 Å². The summed E-state index contributed by atoms with van der Waals surface area (Å²) in [6.07, 6.45) is 2.91. The zero-order chi connectivity index (χ0) is 14.4. The molecule has 2 aliphatic heterocycles. The minimum atomic E-state index is 0.224. The molecule has 4 rings (SSSR count). The first kappa shape index (κ1) is 13.4. The van der Waals surface area contributed by atoms with Crippen LogP contribution >= 0.6 is 0 Å². The Balaban J connectivity index is 1.42. The van der Waals surface area contributed by atoms with Gasteiger partial charge in [0.05, 0.1) is 6.10 Å². The molecule has 4 nitrogen and oxygen atoms in total. The molecular formula is C17H23NO3. The summed E-state index contributed by atoms with van der Waals surface area (Å²) in [5.74, 6) is 2.38. The highest BCUT2D eigenvalue weighted by Crippen LogP contribution is 2.51. The highest BCUT2D eigenvalue weighted by atomic mass is 16.7. The van der Waals surface area contributed by atoms with Gasteiger partial charge in [-0.15, -0.1) is 0 Å². The number of nitrogens with one attached hydrogen (secondary N) is 1. The van der Waals surface area contributed by atoms with Crippen molar-refractivity contribution in [2.75, 3.05) is 13.4 Å². The van der Waals surface area contributed by atoms with Crippen molar-refractivity contribution in [2.24, 2.45) is 11.3 Å². The van der Waals surface area contributed by atoms with E-state index < -0.39 is 0 Å². The van der Waals surface area contributed by atoms with Crippen molar-refractivity contribution in [3.63, 3.8) is 0 Å². The van der Waals surface area contributed by atoms with Crippen molar-refractivity contribution < 1.29 is 14.2 Å². The molecule has 0 unspecified atom stereocenters. The highest BCUT2D eigenvalue weighted by molar-refractivity contribution is 5.44. The van der Waals surface area contributed by atoms with Crippen LogP contribution in [0.3, 0.4) is 0 Å². The average Bonchev–Trinajstić information content (AvgIpc) is 2.95. The highest BCUT2D eigenvalue weighted by Gasteiger charge is 2.57. The maximum Gasteiger partial charge on any atom is 0.231 e. The van der Waals surface area contributed by atoms with Crippen LogP contribution in [0.5, 0.6) is 11.5 Å². The smallest absolute Gasteiger partial charge is 0.231 e. The molecule has 3 aliphatic rings. The third-order valence-corrected chi connectivity index (χ3v) is 5.29. The normalized spacial score (nSPS) is 32.4. The van der Waals surface area contributed by atoms with Crippen LogP contribution in [0, 0.1) is 11.3 Å². The molecule has 1 saturated heterocycles. The largest absolute Gasteiger partial charge is 0.454 e. The fraction of sp³-hybridized carbons (Fsp3) is 0.647. The molecular weight excluding hydrogens is 266 g/mol. The fourth-order valence-corrected chi connectivity index (χ4v) is 4.22. The van der Waals surface area contributed by atoms with Crippen LogP contribution in [0.1, 0.15) is 32.3 Å². The third kappa shape index (κ3) is 2.12. The number of rotatable bonds is 3. The molecule has 0 amide bonds. The molecule has 0 aromatic heterocycles. The van der Waals surface area contributed by atoms with Gasteiger partial charge in [-0.05, 0) is 30.5 Å². The second kappa shape index (κ2) is 4.89. The molecule has 4 heteroatoms. The van der Waals surface area contributed by atoms with Gasteiger partial charge in [-0.1, -0.05) is 19.9 Å². The maximum atomic E-state index is 5.96. The van der Waals surface area contributed by atoms with Crippen LogP contribution in [0.25, 0.3) is 0 Å². The van der Waals surface area contributed by atoms with Crippen LogP contribution in [-0.2, 0) is 11.3 Å². The van der Waals surface area contributed by atoms with Crippen LogP contribution < -0.4 is 14.8 Å². The lowest BCUT2D eigenvalue weighted by molar-refractivity contribution is -0.192. The van der Waals surface area contributed by atoms with E-state index in [1.54, 1.807) is 0 Å². The molecule has 21 heavy (non-hydrogen) atoms. The molecule has 1 aromatic carbocycles. The summed E-state index contributed by atoms with van der Waals surface area (Å²) in [7, 11) is 0. The maximum absolute atomic E-state index is 5.96. The van der Waals surface area contributed by atoms with Gasteiger partial charge in [-0.3, -0.25) is 0 Å². The molecule has 0 radical (unpaired) electrons. The Labute approximate surface area is 125 Å². The number of hydrogen-bond acceptors (Lipinski definition) is 4. The number of hydrogen-bond donors (Lipinski definition) is 1. The molecule has 0 spiro atoms. The second-order valence-electron chi connectivity index (χ2n) is 6.97. The van der Waals surface area contributed by atoms with Gasteiger partial charge < -0.3 is 19.5 Å². The van der Waals surface area contributed by atoms with Crippen LogP contribution in [0.4, 0.5) is 0 Å². The lowest BCUT2D eigenvalue weighted by atomic mass is 9.55. The third-order valence-electron chi connectivity index (χ3n) is 5.29. The standard InChI is InChI=1S/C17H23NO3/c1-17(2)15(12-4-3-7-19-16(12)17)18-9-11-5-6-13-14(8-11)21-10-20-13/h5-6,8,12,15-16,18H,3-4,7,9-10H2,1-2H3/t12-,15-,16+/m1/s1. The Hall–Kier alpha value is -1.26. The van der Waals surface area contributed by atoms with Crippen molar-refractivity contribution >= 4 is 0 Å². The Morgan fingerprint density at radius 3 is 3.00 bits per heavy atom. The molecule has 2 fully saturated rings. The molecule has 1 aliphatic carbocycles. The molecule has 2 heterocycles. The van der Waals surface area contributed by atoms with Gasteiger partial charge in [0.25, 0.3) is 0 Å². The topological polar surface area (TPSA) is 39.7 Å². The predicted octanol–water partition coefficient (Wildman–Crippen LogP) is 2.71. The van der Waals surface area contributed by atoms with E-state index in [9.17, 15) is 0 Å². The van der Waals surface area contributed by atoms with Crippen LogP contribution in [-0.4, -0.2) is 25.5 Å². The Morgan fingerprint density at radius 2 is 2.10 bits per heavy atom. The summed E-state index contributed by atoms with van der Waals surface area (Å²) in [6.45, 7) is 6.77. The van der Waals surface area contributed by atoms with Crippen molar-refractivity contribution in [2.45, 2.75) is 45.4 Å². The Morgan fingerprint density at radius 1 is 1.24 bits per heavy atom. The van der Waals surface area contributed by atoms with Crippen molar-refractivity contribution in [1.29, 1.82) is 0 Å². The second-order valence-corrected chi connectivity index (χ2v) is 6.97. The molecule has 1 aromatic rings. The summed E-state index contributed by atoms with van der Waals surface area (Å²) in [4.78, 5) is 0. The van der Waals surface area contributed by atoms with E-state index >= 15 is 0 Å². The number of fused-ring (bicyclic) bond motifs is 2. The summed E-state index contributed by atoms with van der Waals surface area (Å²) in [6, 6.07) is 6.72. The lowest BCUT2D eigenvalue weighted by Crippen LogP contribution is -2.69. The summed E-state index contributed by atoms with van der Waals surface area (Å²) < 4.78 is 16.8. The molecule has 3 atom stereocenters. The van der Waals surface area contributed by atoms with E-state index in [1.807, 2.05) is 6.07 Å². The molecule has 114 valence electrons. The predicted molar refractivity (Wildman–Crippen MR) is 79.4 cm³/mol. The minimum absolute atomic E-state index is 0.224. The number of benzene rings is 1.